The van der Waals surface area contributed by atoms with Crippen LogP contribution in [0.5, 0.6) is 11.5 Å². The minimum atomic E-state index is -0.445. The molecule has 26 heavy (non-hydrogen) atoms. The van der Waals surface area contributed by atoms with Crippen molar-refractivity contribution in [2.75, 3.05) is 7.11 Å². The fraction of sp³-hybridized carbons (Fsp3) is 0.158. The summed E-state index contributed by atoms with van der Waals surface area (Å²) in [4.78, 5) is 13.9. The molecule has 0 saturated carbocycles. The molecule has 0 unspecified atom stereocenters. The normalized spacial score (nSPS) is 16.6. The number of amides is 1. The van der Waals surface area contributed by atoms with E-state index in [9.17, 15) is 9.90 Å². The summed E-state index contributed by atoms with van der Waals surface area (Å²) in [5.74, 6) is 0.222. The number of hydrogen-bond donors (Lipinski definition) is 1. The Morgan fingerprint density at radius 2 is 2.19 bits per heavy atom. The molecule has 132 valence electrons. The third-order valence-corrected chi connectivity index (χ3v) is 5.18. The Labute approximate surface area is 153 Å². The summed E-state index contributed by atoms with van der Waals surface area (Å²) >= 11 is 1.56. The van der Waals surface area contributed by atoms with Crippen LogP contribution < -0.4 is 4.74 Å². The lowest BCUT2D eigenvalue weighted by Gasteiger charge is -2.22. The summed E-state index contributed by atoms with van der Waals surface area (Å²) in [6.45, 7) is 0. The van der Waals surface area contributed by atoms with Gasteiger partial charge < -0.3 is 14.3 Å². The number of carbonyl (C=O) groups excluding carboxylic acids is 1. The fourth-order valence-electron chi connectivity index (χ4n) is 3.02. The largest absolute Gasteiger partial charge is 0.504 e. The average molecular weight is 368 g/mol. The lowest BCUT2D eigenvalue weighted by molar-refractivity contribution is 0.0676. The minimum Gasteiger partial charge on any atom is -0.504 e. The molecule has 3 heterocycles. The van der Waals surface area contributed by atoms with E-state index in [2.05, 4.69) is 5.10 Å². The van der Waals surface area contributed by atoms with Crippen molar-refractivity contribution in [2.45, 2.75) is 12.5 Å². The van der Waals surface area contributed by atoms with Crippen LogP contribution in [0.3, 0.4) is 0 Å². The highest BCUT2D eigenvalue weighted by molar-refractivity contribution is 7.12. The smallest absolute Gasteiger partial charge is 0.310 e. The number of hydrogen-bond acceptors (Lipinski definition) is 6. The van der Waals surface area contributed by atoms with E-state index in [0.717, 1.165) is 10.6 Å². The Bertz CT molecular complexity index is 948. The van der Waals surface area contributed by atoms with Crippen LogP contribution in [0, 0.1) is 0 Å². The number of thiophene rings is 1. The number of nitrogens with zero attached hydrogens (tertiary/aromatic N) is 2. The standard InChI is InChI=1S/C19H16N2O4S/c1-24-15-6-2-5-12(18(15)22)14-11-13(17-8-4-10-26-17)20-21(14)19(23)16-7-3-9-25-16/h2-10,14,22H,11H2,1H3/t14-/m0/s1. The van der Waals surface area contributed by atoms with E-state index < -0.39 is 6.04 Å². The molecule has 1 aliphatic rings. The molecule has 1 aromatic carbocycles. The Hall–Kier alpha value is -3.06. The number of phenolic OH excluding ortho intramolecular Hbond substituents is 1. The topological polar surface area (TPSA) is 75.3 Å². The quantitative estimate of drug-likeness (QED) is 0.754. The summed E-state index contributed by atoms with van der Waals surface area (Å²) in [5, 5.41) is 18.4. The van der Waals surface area contributed by atoms with E-state index in [1.54, 1.807) is 41.7 Å². The number of benzene rings is 1. The van der Waals surface area contributed by atoms with Crippen molar-refractivity contribution in [3.63, 3.8) is 0 Å². The number of aromatic hydroxyl groups is 1. The molecule has 0 radical (unpaired) electrons. The van der Waals surface area contributed by atoms with Gasteiger partial charge in [0.25, 0.3) is 0 Å². The third-order valence-electron chi connectivity index (χ3n) is 4.27. The molecule has 3 aromatic rings. The molecule has 0 spiro atoms. The van der Waals surface area contributed by atoms with Crippen LogP contribution in [-0.4, -0.2) is 28.8 Å². The van der Waals surface area contributed by atoms with Crippen molar-refractivity contribution in [1.29, 1.82) is 0 Å². The average Bonchev–Trinajstić information content (AvgIpc) is 3.42. The number of methoxy groups -OCH3 is 1. The molecular weight excluding hydrogens is 352 g/mol. The van der Waals surface area contributed by atoms with Gasteiger partial charge in [-0.25, -0.2) is 5.01 Å². The number of para-hydroxylation sites is 1. The van der Waals surface area contributed by atoms with Crippen LogP contribution in [0.25, 0.3) is 0 Å². The summed E-state index contributed by atoms with van der Waals surface area (Å²) in [6, 6.07) is 12.0. The maximum atomic E-state index is 12.9. The van der Waals surface area contributed by atoms with Crippen molar-refractivity contribution in [2.24, 2.45) is 5.10 Å². The molecule has 7 heteroatoms. The van der Waals surface area contributed by atoms with Gasteiger partial charge in [0.05, 0.1) is 30.0 Å². The van der Waals surface area contributed by atoms with Crippen LogP contribution in [0.2, 0.25) is 0 Å². The number of phenols is 1. The van der Waals surface area contributed by atoms with E-state index in [1.807, 2.05) is 17.5 Å². The second-order valence-corrected chi connectivity index (χ2v) is 6.72. The van der Waals surface area contributed by atoms with E-state index in [-0.39, 0.29) is 17.4 Å². The Kier molecular flexibility index (Phi) is 4.22. The van der Waals surface area contributed by atoms with Crippen LogP contribution in [0.1, 0.15) is 33.5 Å². The zero-order valence-corrected chi connectivity index (χ0v) is 14.8. The molecule has 0 aliphatic carbocycles. The van der Waals surface area contributed by atoms with Gasteiger partial charge in [0, 0.05) is 12.0 Å². The summed E-state index contributed by atoms with van der Waals surface area (Å²) in [6.07, 6.45) is 1.94. The molecule has 1 amide bonds. The van der Waals surface area contributed by atoms with E-state index in [1.165, 1.54) is 18.4 Å². The number of rotatable bonds is 4. The van der Waals surface area contributed by atoms with Crippen LogP contribution in [0.15, 0.2) is 63.6 Å². The number of ether oxygens (including phenoxy) is 1. The van der Waals surface area contributed by atoms with E-state index in [0.29, 0.717) is 17.7 Å². The third kappa shape index (κ3) is 2.76. The number of hydrazone groups is 1. The van der Waals surface area contributed by atoms with Crippen molar-refractivity contribution < 1.29 is 19.1 Å². The van der Waals surface area contributed by atoms with Gasteiger partial charge in [-0.05, 0) is 29.6 Å². The maximum absolute atomic E-state index is 12.9. The first-order chi connectivity index (χ1) is 12.7. The molecule has 4 rings (SSSR count). The molecule has 6 nitrogen and oxygen atoms in total. The predicted molar refractivity (Wildman–Crippen MR) is 97.8 cm³/mol. The van der Waals surface area contributed by atoms with Gasteiger partial charge in [-0.2, -0.15) is 5.10 Å². The van der Waals surface area contributed by atoms with Crippen molar-refractivity contribution in [1.82, 2.24) is 5.01 Å². The molecular formula is C19H16N2O4S. The number of furan rings is 1. The summed E-state index contributed by atoms with van der Waals surface area (Å²) < 4.78 is 10.5. The molecule has 0 fully saturated rings. The first-order valence-electron chi connectivity index (χ1n) is 8.03. The second-order valence-electron chi connectivity index (χ2n) is 5.77. The molecule has 1 atom stereocenters. The van der Waals surface area contributed by atoms with Gasteiger partial charge in [0.1, 0.15) is 0 Å². The van der Waals surface area contributed by atoms with Crippen LogP contribution in [-0.2, 0) is 0 Å². The number of carbonyl (C=O) groups is 1. The van der Waals surface area contributed by atoms with Gasteiger partial charge >= 0.3 is 5.91 Å². The molecule has 1 N–H and O–H groups in total. The Morgan fingerprint density at radius 1 is 1.31 bits per heavy atom. The van der Waals surface area contributed by atoms with Gasteiger partial charge in [-0.15, -0.1) is 11.3 Å². The second kappa shape index (κ2) is 6.68. The van der Waals surface area contributed by atoms with Crippen molar-refractivity contribution >= 4 is 23.0 Å². The van der Waals surface area contributed by atoms with E-state index in [4.69, 9.17) is 9.15 Å². The van der Waals surface area contributed by atoms with Gasteiger partial charge in [-0.3, -0.25) is 4.79 Å². The monoisotopic (exact) mass is 368 g/mol. The highest BCUT2D eigenvalue weighted by Crippen LogP contribution is 2.41. The SMILES string of the molecule is COc1cccc([C@@H]2CC(c3cccs3)=NN2C(=O)c2ccco2)c1O. The predicted octanol–water partition coefficient (Wildman–Crippen LogP) is 4.05. The first kappa shape index (κ1) is 16.4. The molecule has 0 saturated heterocycles. The van der Waals surface area contributed by atoms with Gasteiger partial charge in [0.15, 0.2) is 17.3 Å². The zero-order valence-electron chi connectivity index (χ0n) is 14.0. The first-order valence-corrected chi connectivity index (χ1v) is 8.91. The fourth-order valence-corrected chi connectivity index (χ4v) is 3.74. The Balaban J connectivity index is 1.76. The Morgan fingerprint density at radius 3 is 2.88 bits per heavy atom. The maximum Gasteiger partial charge on any atom is 0.310 e. The van der Waals surface area contributed by atoms with Crippen molar-refractivity contribution in [3.05, 3.63) is 70.3 Å². The molecule has 2 aromatic heterocycles. The zero-order chi connectivity index (χ0) is 18.1. The van der Waals surface area contributed by atoms with Crippen LogP contribution in [0.4, 0.5) is 0 Å². The minimum absolute atomic E-state index is 0.0138. The lowest BCUT2D eigenvalue weighted by Crippen LogP contribution is -2.26. The summed E-state index contributed by atoms with van der Waals surface area (Å²) in [5.41, 5.74) is 1.38. The molecule has 1 aliphatic heterocycles. The van der Waals surface area contributed by atoms with Crippen molar-refractivity contribution in [3.8, 4) is 11.5 Å². The highest BCUT2D eigenvalue weighted by atomic mass is 32.1. The lowest BCUT2D eigenvalue weighted by atomic mass is 9.99. The summed E-state index contributed by atoms with van der Waals surface area (Å²) in [7, 11) is 1.49. The highest BCUT2D eigenvalue weighted by Gasteiger charge is 2.36. The van der Waals surface area contributed by atoms with Gasteiger partial charge in [0.2, 0.25) is 0 Å². The molecule has 0 bridgehead atoms. The van der Waals surface area contributed by atoms with Crippen LogP contribution >= 0.6 is 11.3 Å². The van der Waals surface area contributed by atoms with Gasteiger partial charge in [-0.1, -0.05) is 18.2 Å². The van der Waals surface area contributed by atoms with E-state index >= 15 is 0 Å².